The summed E-state index contributed by atoms with van der Waals surface area (Å²) in [5.41, 5.74) is 0.272. The van der Waals surface area contributed by atoms with Gasteiger partial charge in [0.25, 0.3) is 0 Å². The first kappa shape index (κ1) is 15.3. The monoisotopic (exact) mass is 264 g/mol. The minimum Gasteiger partial charge on any atom is -0.497 e. The zero-order chi connectivity index (χ0) is 14.3. The first-order valence-electron chi connectivity index (χ1n) is 6.06. The third-order valence-electron chi connectivity index (χ3n) is 2.85. The fraction of sp³-hybridized carbons (Fsp3) is 0.500. The molecule has 1 aromatic carbocycles. The van der Waals surface area contributed by atoms with Crippen LogP contribution >= 0.6 is 0 Å². The SMILES string of the molecule is COCCC(C)(O)CNc1cc(OC)ccc1C#N. The van der Waals surface area contributed by atoms with E-state index in [2.05, 4.69) is 11.4 Å². The molecule has 0 aliphatic rings. The molecule has 1 aromatic rings. The van der Waals surface area contributed by atoms with Crippen LogP contribution < -0.4 is 10.1 Å². The van der Waals surface area contributed by atoms with Crippen molar-refractivity contribution in [1.82, 2.24) is 0 Å². The van der Waals surface area contributed by atoms with Crippen LogP contribution in [0.25, 0.3) is 0 Å². The summed E-state index contributed by atoms with van der Waals surface area (Å²) in [6, 6.07) is 7.26. The molecule has 0 saturated heterocycles. The van der Waals surface area contributed by atoms with Crippen LogP contribution in [0.3, 0.4) is 0 Å². The quantitative estimate of drug-likeness (QED) is 0.785. The minimum atomic E-state index is -0.897. The van der Waals surface area contributed by atoms with Crippen LogP contribution in [-0.2, 0) is 4.74 Å². The summed E-state index contributed by atoms with van der Waals surface area (Å²) in [4.78, 5) is 0. The Kier molecular flexibility index (Phi) is 5.61. The Bertz CT molecular complexity index is 452. The van der Waals surface area contributed by atoms with Crippen LogP contribution in [0, 0.1) is 11.3 Å². The van der Waals surface area contributed by atoms with E-state index in [4.69, 9.17) is 14.7 Å². The Balaban J connectivity index is 2.73. The van der Waals surface area contributed by atoms with Gasteiger partial charge in [-0.15, -0.1) is 0 Å². The van der Waals surface area contributed by atoms with E-state index in [-0.39, 0.29) is 0 Å². The molecule has 0 fully saturated rings. The number of nitrogens with one attached hydrogen (secondary N) is 1. The molecule has 0 aromatic heterocycles. The van der Waals surface area contributed by atoms with Gasteiger partial charge in [-0.1, -0.05) is 0 Å². The van der Waals surface area contributed by atoms with Gasteiger partial charge in [-0.25, -0.2) is 0 Å². The van der Waals surface area contributed by atoms with Gasteiger partial charge in [0.2, 0.25) is 0 Å². The first-order valence-corrected chi connectivity index (χ1v) is 6.06. The lowest BCUT2D eigenvalue weighted by Gasteiger charge is -2.24. The highest BCUT2D eigenvalue weighted by atomic mass is 16.5. The molecule has 0 radical (unpaired) electrons. The van der Waals surface area contributed by atoms with Gasteiger partial charge >= 0.3 is 0 Å². The Morgan fingerprint density at radius 1 is 1.42 bits per heavy atom. The Morgan fingerprint density at radius 2 is 2.16 bits per heavy atom. The number of nitriles is 1. The van der Waals surface area contributed by atoms with Crippen molar-refractivity contribution < 1.29 is 14.6 Å². The number of benzene rings is 1. The van der Waals surface area contributed by atoms with Crippen molar-refractivity contribution in [2.24, 2.45) is 0 Å². The molecule has 0 heterocycles. The lowest BCUT2D eigenvalue weighted by Crippen LogP contribution is -2.34. The second kappa shape index (κ2) is 6.98. The molecule has 0 amide bonds. The first-order chi connectivity index (χ1) is 9.02. The zero-order valence-corrected chi connectivity index (χ0v) is 11.6. The number of anilines is 1. The predicted molar refractivity (Wildman–Crippen MR) is 73.3 cm³/mol. The predicted octanol–water partition coefficient (Wildman–Crippen LogP) is 1.77. The fourth-order valence-corrected chi connectivity index (χ4v) is 1.59. The van der Waals surface area contributed by atoms with E-state index in [1.54, 1.807) is 39.3 Å². The minimum absolute atomic E-state index is 0.332. The molecular weight excluding hydrogens is 244 g/mol. The molecule has 2 N–H and O–H groups in total. The molecule has 0 spiro atoms. The van der Waals surface area contributed by atoms with Crippen molar-refractivity contribution in [1.29, 1.82) is 5.26 Å². The van der Waals surface area contributed by atoms with Gasteiger partial charge in [0.15, 0.2) is 0 Å². The van der Waals surface area contributed by atoms with E-state index in [0.717, 1.165) is 0 Å². The van der Waals surface area contributed by atoms with Crippen LogP contribution in [0.4, 0.5) is 5.69 Å². The van der Waals surface area contributed by atoms with Crippen LogP contribution in [-0.4, -0.2) is 38.1 Å². The lowest BCUT2D eigenvalue weighted by molar-refractivity contribution is 0.0357. The van der Waals surface area contributed by atoms with Crippen molar-refractivity contribution in [3.8, 4) is 11.8 Å². The Labute approximate surface area is 113 Å². The van der Waals surface area contributed by atoms with E-state index in [0.29, 0.717) is 36.6 Å². The molecular formula is C14H20N2O3. The molecule has 0 saturated carbocycles. The average molecular weight is 264 g/mol. The Hall–Kier alpha value is -1.77. The van der Waals surface area contributed by atoms with E-state index < -0.39 is 5.60 Å². The number of rotatable bonds is 7. The van der Waals surface area contributed by atoms with Crippen LogP contribution in [0.1, 0.15) is 18.9 Å². The molecule has 5 heteroatoms. The maximum Gasteiger partial charge on any atom is 0.121 e. The van der Waals surface area contributed by atoms with Crippen molar-refractivity contribution >= 4 is 5.69 Å². The summed E-state index contributed by atoms with van der Waals surface area (Å²) in [6.07, 6.45) is 0.516. The number of methoxy groups -OCH3 is 2. The van der Waals surface area contributed by atoms with Gasteiger partial charge in [0.1, 0.15) is 11.8 Å². The van der Waals surface area contributed by atoms with Crippen molar-refractivity contribution in [3.63, 3.8) is 0 Å². The van der Waals surface area contributed by atoms with Gasteiger partial charge in [0.05, 0.1) is 24.0 Å². The summed E-state index contributed by atoms with van der Waals surface area (Å²) >= 11 is 0. The second-order valence-electron chi connectivity index (χ2n) is 4.62. The van der Waals surface area contributed by atoms with Crippen molar-refractivity contribution in [3.05, 3.63) is 23.8 Å². The molecule has 1 unspecified atom stereocenters. The van der Waals surface area contributed by atoms with Crippen molar-refractivity contribution in [2.45, 2.75) is 18.9 Å². The third-order valence-corrected chi connectivity index (χ3v) is 2.85. The molecule has 1 rings (SSSR count). The molecule has 0 aliphatic carbocycles. The maximum absolute atomic E-state index is 10.1. The van der Waals surface area contributed by atoms with Gasteiger partial charge in [-0.3, -0.25) is 0 Å². The number of ether oxygens (including phenoxy) is 2. The highest BCUT2D eigenvalue weighted by Gasteiger charge is 2.20. The summed E-state index contributed by atoms with van der Waals surface area (Å²) in [7, 11) is 3.17. The van der Waals surface area contributed by atoms with Gasteiger partial charge in [-0.05, 0) is 19.1 Å². The molecule has 0 aliphatic heterocycles. The smallest absolute Gasteiger partial charge is 0.121 e. The lowest BCUT2D eigenvalue weighted by atomic mass is 10.0. The topological polar surface area (TPSA) is 74.5 Å². The summed E-state index contributed by atoms with van der Waals surface area (Å²) in [5.74, 6) is 0.665. The van der Waals surface area contributed by atoms with Crippen LogP contribution in [0.15, 0.2) is 18.2 Å². The fourth-order valence-electron chi connectivity index (χ4n) is 1.59. The Morgan fingerprint density at radius 3 is 2.74 bits per heavy atom. The molecule has 104 valence electrons. The summed E-state index contributed by atoms with van der Waals surface area (Å²) < 4.78 is 10.1. The number of nitrogens with zero attached hydrogens (tertiary/aromatic N) is 1. The van der Waals surface area contributed by atoms with Crippen LogP contribution in [0.5, 0.6) is 5.75 Å². The number of hydrogen-bond donors (Lipinski definition) is 2. The average Bonchev–Trinajstić information content (AvgIpc) is 2.42. The van der Waals surface area contributed by atoms with Gasteiger partial charge in [0, 0.05) is 32.7 Å². The third kappa shape index (κ3) is 4.78. The van der Waals surface area contributed by atoms with E-state index in [1.165, 1.54) is 0 Å². The van der Waals surface area contributed by atoms with Gasteiger partial charge in [-0.2, -0.15) is 5.26 Å². The molecule has 1 atom stereocenters. The normalized spacial score (nSPS) is 13.4. The largest absolute Gasteiger partial charge is 0.497 e. The summed E-state index contributed by atoms with van der Waals surface area (Å²) in [6.45, 7) is 2.54. The molecule has 19 heavy (non-hydrogen) atoms. The van der Waals surface area contributed by atoms with Crippen LogP contribution in [0.2, 0.25) is 0 Å². The highest BCUT2D eigenvalue weighted by molar-refractivity contribution is 5.60. The maximum atomic E-state index is 10.1. The molecule has 0 bridgehead atoms. The van der Waals surface area contributed by atoms with E-state index in [1.807, 2.05) is 0 Å². The number of aliphatic hydroxyl groups is 1. The molecule has 5 nitrogen and oxygen atoms in total. The highest BCUT2D eigenvalue weighted by Crippen LogP contribution is 2.23. The van der Waals surface area contributed by atoms with Gasteiger partial charge < -0.3 is 19.9 Å². The second-order valence-corrected chi connectivity index (χ2v) is 4.62. The summed E-state index contributed by atoms with van der Waals surface area (Å²) in [5, 5.41) is 22.3. The number of hydrogen-bond acceptors (Lipinski definition) is 5. The van der Waals surface area contributed by atoms with E-state index in [9.17, 15) is 5.11 Å². The van der Waals surface area contributed by atoms with E-state index >= 15 is 0 Å². The zero-order valence-electron chi connectivity index (χ0n) is 11.6. The van der Waals surface area contributed by atoms with Crippen molar-refractivity contribution in [2.75, 3.05) is 32.7 Å². The standard InChI is InChI=1S/C14H20N2O3/c1-14(17,6-7-18-2)10-16-13-8-12(19-3)5-4-11(13)9-15/h4-5,8,16-17H,6-7,10H2,1-3H3.